The van der Waals surface area contributed by atoms with Crippen molar-refractivity contribution in [1.82, 2.24) is 0 Å². The fourth-order valence-corrected chi connectivity index (χ4v) is 1.61. The van der Waals surface area contributed by atoms with Crippen molar-refractivity contribution < 1.29 is 4.79 Å². The van der Waals surface area contributed by atoms with Gasteiger partial charge in [0.1, 0.15) is 0 Å². The number of nitrogen functional groups attached to an aromatic ring is 1. The van der Waals surface area contributed by atoms with Gasteiger partial charge in [0, 0.05) is 10.7 Å². The van der Waals surface area contributed by atoms with E-state index in [0.29, 0.717) is 21.3 Å². The molecular formula is C8H7Cl2NO. The number of carbonyl (C=O) groups excluding carboxylic acids is 1. The number of ketones is 1. The maximum atomic E-state index is 11.0. The number of anilines is 1. The molecule has 0 unspecified atom stereocenters. The summed E-state index contributed by atoms with van der Waals surface area (Å²) in [4.78, 5) is 11.0. The molecule has 1 rings (SSSR count). The monoisotopic (exact) mass is 203 g/mol. The molecule has 1 aromatic rings. The van der Waals surface area contributed by atoms with Crippen LogP contribution in [-0.2, 0) is 0 Å². The van der Waals surface area contributed by atoms with Crippen LogP contribution in [0.25, 0.3) is 0 Å². The number of rotatable bonds is 1. The number of hydrogen-bond donors (Lipinski definition) is 1. The van der Waals surface area contributed by atoms with E-state index < -0.39 is 0 Å². The van der Waals surface area contributed by atoms with Gasteiger partial charge < -0.3 is 5.73 Å². The molecule has 0 radical (unpaired) electrons. The maximum absolute atomic E-state index is 11.0. The average Bonchev–Trinajstić information content (AvgIpc) is 1.82. The van der Waals surface area contributed by atoms with E-state index >= 15 is 0 Å². The van der Waals surface area contributed by atoms with E-state index in [2.05, 4.69) is 0 Å². The first-order valence-corrected chi connectivity index (χ1v) is 4.03. The third-order valence-corrected chi connectivity index (χ3v) is 1.95. The summed E-state index contributed by atoms with van der Waals surface area (Å²) in [7, 11) is 0. The van der Waals surface area contributed by atoms with Gasteiger partial charge in [0.25, 0.3) is 0 Å². The van der Waals surface area contributed by atoms with Crippen LogP contribution in [-0.4, -0.2) is 5.78 Å². The normalized spacial score (nSPS) is 9.92. The first kappa shape index (κ1) is 9.36. The number of Topliss-reactive ketones (excluding diaryl/α,β-unsaturated/α-hetero) is 1. The van der Waals surface area contributed by atoms with E-state index in [1.165, 1.54) is 19.1 Å². The molecule has 0 aliphatic heterocycles. The lowest BCUT2D eigenvalue weighted by Crippen LogP contribution is -2.00. The SMILES string of the molecule is CC(=O)c1c(N)cc(Cl)cc1Cl. The smallest absolute Gasteiger partial charge is 0.163 e. The third kappa shape index (κ3) is 1.71. The van der Waals surface area contributed by atoms with Gasteiger partial charge in [0.2, 0.25) is 0 Å². The van der Waals surface area contributed by atoms with Gasteiger partial charge in [-0.3, -0.25) is 4.79 Å². The summed E-state index contributed by atoms with van der Waals surface area (Å²) in [5.74, 6) is -0.158. The first-order valence-electron chi connectivity index (χ1n) is 3.28. The van der Waals surface area contributed by atoms with Gasteiger partial charge in [-0.05, 0) is 19.1 Å². The van der Waals surface area contributed by atoms with Crippen LogP contribution in [0.1, 0.15) is 17.3 Å². The minimum atomic E-state index is -0.158. The van der Waals surface area contributed by atoms with Crippen molar-refractivity contribution in [3.05, 3.63) is 27.7 Å². The summed E-state index contributed by atoms with van der Waals surface area (Å²) < 4.78 is 0. The van der Waals surface area contributed by atoms with Crippen LogP contribution in [0.4, 0.5) is 5.69 Å². The molecule has 4 heteroatoms. The Balaban J connectivity index is 3.38. The van der Waals surface area contributed by atoms with Crippen LogP contribution in [0.15, 0.2) is 12.1 Å². The molecule has 12 heavy (non-hydrogen) atoms. The summed E-state index contributed by atoms with van der Waals surface area (Å²) in [6.07, 6.45) is 0. The van der Waals surface area contributed by atoms with Crippen molar-refractivity contribution in [3.63, 3.8) is 0 Å². The van der Waals surface area contributed by atoms with Crippen LogP contribution < -0.4 is 5.73 Å². The lowest BCUT2D eigenvalue weighted by atomic mass is 10.1. The molecule has 0 aliphatic carbocycles. The highest BCUT2D eigenvalue weighted by Gasteiger charge is 2.10. The zero-order valence-electron chi connectivity index (χ0n) is 6.40. The molecule has 0 aliphatic rings. The van der Waals surface area contributed by atoms with Gasteiger partial charge in [0.15, 0.2) is 5.78 Å². The Morgan fingerprint density at radius 1 is 1.42 bits per heavy atom. The first-order chi connectivity index (χ1) is 5.52. The third-order valence-electron chi connectivity index (χ3n) is 1.44. The molecule has 0 heterocycles. The summed E-state index contributed by atoms with van der Waals surface area (Å²) in [6.45, 7) is 1.41. The van der Waals surface area contributed by atoms with Crippen LogP contribution in [0.5, 0.6) is 0 Å². The zero-order chi connectivity index (χ0) is 9.30. The summed E-state index contributed by atoms with van der Waals surface area (Å²) in [6, 6.07) is 3.00. The van der Waals surface area contributed by atoms with Crippen LogP contribution in [0.2, 0.25) is 10.0 Å². The van der Waals surface area contributed by atoms with Crippen molar-refractivity contribution in [2.45, 2.75) is 6.92 Å². The molecule has 0 saturated heterocycles. The molecule has 1 aromatic carbocycles. The zero-order valence-corrected chi connectivity index (χ0v) is 7.91. The van der Waals surface area contributed by atoms with E-state index in [1.54, 1.807) is 0 Å². The molecule has 0 saturated carbocycles. The quantitative estimate of drug-likeness (QED) is 0.564. The van der Waals surface area contributed by atoms with Crippen molar-refractivity contribution in [2.24, 2.45) is 0 Å². The lowest BCUT2D eigenvalue weighted by Gasteiger charge is -2.04. The second-order valence-electron chi connectivity index (χ2n) is 2.41. The minimum Gasteiger partial charge on any atom is -0.398 e. The van der Waals surface area contributed by atoms with E-state index in [1.807, 2.05) is 0 Å². The van der Waals surface area contributed by atoms with E-state index in [-0.39, 0.29) is 5.78 Å². The van der Waals surface area contributed by atoms with Gasteiger partial charge in [-0.15, -0.1) is 0 Å². The molecule has 0 atom stereocenters. The minimum absolute atomic E-state index is 0.158. The molecule has 2 nitrogen and oxygen atoms in total. The fourth-order valence-electron chi connectivity index (χ4n) is 0.965. The van der Waals surface area contributed by atoms with Gasteiger partial charge in [-0.1, -0.05) is 23.2 Å². The van der Waals surface area contributed by atoms with Gasteiger partial charge in [0.05, 0.1) is 10.6 Å². The Bertz CT molecular complexity index is 313. The van der Waals surface area contributed by atoms with Gasteiger partial charge in [-0.2, -0.15) is 0 Å². The van der Waals surface area contributed by atoms with Crippen molar-refractivity contribution in [2.75, 3.05) is 5.73 Å². The topological polar surface area (TPSA) is 43.1 Å². The molecule has 0 aromatic heterocycles. The van der Waals surface area contributed by atoms with Crippen LogP contribution >= 0.6 is 23.2 Å². The number of benzene rings is 1. The molecular weight excluding hydrogens is 197 g/mol. The summed E-state index contributed by atoms with van der Waals surface area (Å²) in [5, 5.41) is 0.731. The maximum Gasteiger partial charge on any atom is 0.163 e. The van der Waals surface area contributed by atoms with E-state index in [0.717, 1.165) is 0 Å². The Kier molecular flexibility index (Phi) is 2.60. The average molecular weight is 204 g/mol. The molecule has 0 fully saturated rings. The van der Waals surface area contributed by atoms with Crippen molar-refractivity contribution in [3.8, 4) is 0 Å². The molecule has 0 bridgehead atoms. The Hall–Kier alpha value is -0.730. The Morgan fingerprint density at radius 2 is 2.00 bits per heavy atom. The number of nitrogens with two attached hydrogens (primary N) is 1. The highest BCUT2D eigenvalue weighted by atomic mass is 35.5. The van der Waals surface area contributed by atoms with Gasteiger partial charge >= 0.3 is 0 Å². The van der Waals surface area contributed by atoms with E-state index in [9.17, 15) is 4.79 Å². The number of hydrogen-bond acceptors (Lipinski definition) is 2. The van der Waals surface area contributed by atoms with Crippen LogP contribution in [0, 0.1) is 0 Å². The second kappa shape index (κ2) is 3.33. The lowest BCUT2D eigenvalue weighted by molar-refractivity contribution is 0.101. The van der Waals surface area contributed by atoms with Crippen LogP contribution in [0.3, 0.4) is 0 Å². The highest BCUT2D eigenvalue weighted by Crippen LogP contribution is 2.27. The van der Waals surface area contributed by atoms with Gasteiger partial charge in [-0.25, -0.2) is 0 Å². The second-order valence-corrected chi connectivity index (χ2v) is 3.25. The predicted molar refractivity (Wildman–Crippen MR) is 50.9 cm³/mol. The largest absolute Gasteiger partial charge is 0.398 e. The van der Waals surface area contributed by atoms with Crippen molar-refractivity contribution >= 4 is 34.7 Å². The number of halogens is 2. The van der Waals surface area contributed by atoms with Crippen molar-refractivity contribution in [1.29, 1.82) is 0 Å². The molecule has 0 amide bonds. The Labute approximate surface area is 80.3 Å². The molecule has 64 valence electrons. The molecule has 0 spiro atoms. The Morgan fingerprint density at radius 3 is 2.42 bits per heavy atom. The summed E-state index contributed by atoms with van der Waals surface area (Å²) in [5.41, 5.74) is 6.19. The standard InChI is InChI=1S/C8H7Cl2NO/c1-4(12)8-6(10)2-5(9)3-7(8)11/h2-3H,11H2,1H3. The predicted octanol–water partition coefficient (Wildman–Crippen LogP) is 2.78. The van der Waals surface area contributed by atoms with E-state index in [4.69, 9.17) is 28.9 Å². The summed E-state index contributed by atoms with van der Waals surface area (Å²) >= 11 is 11.4. The fraction of sp³-hybridized carbons (Fsp3) is 0.125. The molecule has 2 N–H and O–H groups in total. The highest BCUT2D eigenvalue weighted by molar-refractivity contribution is 6.37. The number of carbonyl (C=O) groups is 1.